The molecule has 2 aromatic heterocycles. The predicted octanol–water partition coefficient (Wildman–Crippen LogP) is 4.14. The lowest BCUT2D eigenvalue weighted by Gasteiger charge is -2.27. The highest BCUT2D eigenvalue weighted by molar-refractivity contribution is 6.77. The van der Waals surface area contributed by atoms with Gasteiger partial charge in [0, 0.05) is 33.9 Å². The number of pyridine rings is 1. The number of aromatic nitrogens is 1. The second-order valence-electron chi connectivity index (χ2n) is 8.01. The molecule has 29 heavy (non-hydrogen) atoms. The van der Waals surface area contributed by atoms with Crippen molar-refractivity contribution in [2.24, 2.45) is 0 Å². The van der Waals surface area contributed by atoms with Crippen molar-refractivity contribution in [3.63, 3.8) is 0 Å². The van der Waals surface area contributed by atoms with E-state index in [1.54, 1.807) is 0 Å². The Morgan fingerprint density at radius 3 is 2.83 bits per heavy atom. The average Bonchev–Trinajstić information content (AvgIpc) is 3.42. The van der Waals surface area contributed by atoms with Crippen LogP contribution < -0.4 is 19.5 Å². The minimum Gasteiger partial charge on any atom is -0.536 e. The summed E-state index contributed by atoms with van der Waals surface area (Å²) in [4.78, 5) is 2.32. The lowest BCUT2D eigenvalue weighted by atomic mass is 9.65. The number of para-hydroxylation sites is 1. The molecule has 0 radical (unpaired) electrons. The Hall–Kier alpha value is -3.73. The van der Waals surface area contributed by atoms with Crippen molar-refractivity contribution in [1.29, 1.82) is 0 Å². The first-order valence-electron chi connectivity index (χ1n) is 9.93. The summed E-state index contributed by atoms with van der Waals surface area (Å²) in [6.45, 7) is 0.919. The van der Waals surface area contributed by atoms with Crippen molar-refractivity contribution < 1.29 is 13.6 Å². The summed E-state index contributed by atoms with van der Waals surface area (Å²) in [5.74, 6) is 0.911. The Bertz CT molecular complexity index is 1540. The molecular weight excluding hydrogens is 359 g/mol. The van der Waals surface area contributed by atoms with Gasteiger partial charge in [0.15, 0.2) is 12.7 Å². The van der Waals surface area contributed by atoms with E-state index in [9.17, 15) is 0 Å². The van der Waals surface area contributed by atoms with Crippen LogP contribution in [0.1, 0.15) is 5.56 Å². The van der Waals surface area contributed by atoms with Crippen LogP contribution in [-0.4, -0.2) is 7.05 Å². The number of furan rings is 1. The first kappa shape index (κ1) is 14.3. The van der Waals surface area contributed by atoms with Gasteiger partial charge in [0.05, 0.1) is 11.3 Å². The van der Waals surface area contributed by atoms with Gasteiger partial charge in [0.1, 0.15) is 22.6 Å². The molecule has 0 N–H and O–H groups in total. The van der Waals surface area contributed by atoms with Crippen LogP contribution in [0.15, 0.2) is 77.3 Å². The molecule has 0 unspecified atom stereocenters. The zero-order chi connectivity index (χ0) is 18.7. The largest absolute Gasteiger partial charge is 0.536 e. The van der Waals surface area contributed by atoms with Crippen LogP contribution >= 0.6 is 0 Å². The van der Waals surface area contributed by atoms with Crippen molar-refractivity contribution in [3.05, 3.63) is 78.5 Å². The SMILES string of the molecule is c1cc2c3c(c1)B1Oc4cc5c(cc4N1c1ccc[n+](c1-3)C2)oc1ccccc15. The molecule has 0 bridgehead atoms. The van der Waals surface area contributed by atoms with E-state index in [-0.39, 0.29) is 7.05 Å². The zero-order valence-corrected chi connectivity index (χ0v) is 15.4. The third-order valence-electron chi connectivity index (χ3n) is 6.53. The monoisotopic (exact) mass is 373 g/mol. The van der Waals surface area contributed by atoms with Gasteiger partial charge < -0.3 is 13.9 Å². The molecule has 0 saturated carbocycles. The fraction of sp³-hybridized carbons (Fsp3) is 0.0417. The first-order chi connectivity index (χ1) is 14.4. The van der Waals surface area contributed by atoms with Crippen molar-refractivity contribution in [2.45, 2.75) is 6.54 Å². The smallest absolute Gasteiger partial charge is 0.525 e. The van der Waals surface area contributed by atoms with Crippen LogP contribution in [0.25, 0.3) is 33.2 Å². The van der Waals surface area contributed by atoms with Gasteiger partial charge in [-0.1, -0.05) is 36.4 Å². The topological polar surface area (TPSA) is 29.5 Å². The van der Waals surface area contributed by atoms with Gasteiger partial charge in [-0.25, -0.2) is 0 Å². The highest BCUT2D eigenvalue weighted by Gasteiger charge is 2.50. The van der Waals surface area contributed by atoms with E-state index in [4.69, 9.17) is 9.07 Å². The first-order valence-corrected chi connectivity index (χ1v) is 9.93. The Labute approximate surface area is 166 Å². The lowest BCUT2D eigenvalue weighted by molar-refractivity contribution is -0.671. The maximum atomic E-state index is 6.57. The minimum absolute atomic E-state index is 0.140. The molecule has 0 spiro atoms. The van der Waals surface area contributed by atoms with Gasteiger partial charge in [-0.3, -0.25) is 0 Å². The highest BCUT2D eigenvalue weighted by atomic mass is 16.5. The van der Waals surface area contributed by atoms with Gasteiger partial charge in [-0.2, -0.15) is 4.57 Å². The summed E-state index contributed by atoms with van der Waals surface area (Å²) < 4.78 is 15.1. The summed E-state index contributed by atoms with van der Waals surface area (Å²) in [5.41, 5.74) is 9.31. The van der Waals surface area contributed by atoms with Crippen LogP contribution in [0.3, 0.4) is 0 Å². The Morgan fingerprint density at radius 1 is 0.862 bits per heavy atom. The summed E-state index contributed by atoms with van der Waals surface area (Å²) in [6.07, 6.45) is 2.17. The van der Waals surface area contributed by atoms with Crippen molar-refractivity contribution >= 4 is 45.8 Å². The molecule has 5 heteroatoms. The molecular formula is C24H14BN2O2+. The molecule has 3 aliphatic rings. The number of nitrogens with zero attached hydrogens (tertiary/aromatic N) is 2. The predicted molar refractivity (Wildman–Crippen MR) is 113 cm³/mol. The molecule has 8 rings (SSSR count). The van der Waals surface area contributed by atoms with E-state index in [1.807, 2.05) is 18.2 Å². The third-order valence-corrected chi connectivity index (χ3v) is 6.53. The number of hydrogen-bond donors (Lipinski definition) is 0. The Kier molecular flexibility index (Phi) is 2.28. The highest BCUT2D eigenvalue weighted by Crippen LogP contribution is 2.49. The van der Waals surface area contributed by atoms with Gasteiger partial charge in [0.25, 0.3) is 0 Å². The normalized spacial score (nSPS) is 14.9. The molecule has 0 atom stereocenters. The maximum absolute atomic E-state index is 6.57. The molecule has 3 aliphatic heterocycles. The molecule has 4 nitrogen and oxygen atoms in total. The standard InChI is InChI=1S/C24H14BN2O2/c1-2-9-20-15(6-1)16-11-22-19(12-21(16)28-20)27-18-8-4-10-26-13-14-5-3-7-17(25(27)29-22)23(14)24(18)26/h1-12H,13H2/q+1. The summed E-state index contributed by atoms with van der Waals surface area (Å²) in [5, 5.41) is 2.23. The summed E-state index contributed by atoms with van der Waals surface area (Å²) in [6, 6.07) is 23.4. The number of benzene rings is 3. The molecule has 0 amide bonds. The van der Waals surface area contributed by atoms with Gasteiger partial charge in [-0.05, 0) is 18.2 Å². The molecule has 0 aliphatic carbocycles. The Balaban J connectivity index is 1.45. The zero-order valence-electron chi connectivity index (χ0n) is 15.4. The molecule has 0 saturated heterocycles. The lowest BCUT2D eigenvalue weighted by Crippen LogP contribution is -2.51. The van der Waals surface area contributed by atoms with Crippen LogP contribution in [0.4, 0.5) is 11.4 Å². The quantitative estimate of drug-likeness (QED) is 0.296. The second-order valence-corrected chi connectivity index (χ2v) is 8.01. The van der Waals surface area contributed by atoms with E-state index in [2.05, 4.69) is 64.1 Å². The van der Waals surface area contributed by atoms with Crippen LogP contribution in [0.5, 0.6) is 5.75 Å². The van der Waals surface area contributed by atoms with Gasteiger partial charge in [0.2, 0.25) is 5.69 Å². The van der Waals surface area contributed by atoms with E-state index < -0.39 is 0 Å². The average molecular weight is 373 g/mol. The van der Waals surface area contributed by atoms with Crippen molar-refractivity contribution in [1.82, 2.24) is 0 Å². The fourth-order valence-electron chi connectivity index (χ4n) is 5.35. The second kappa shape index (κ2) is 4.63. The summed E-state index contributed by atoms with van der Waals surface area (Å²) >= 11 is 0. The molecule has 5 aromatic rings. The third kappa shape index (κ3) is 1.58. The molecule has 3 aromatic carbocycles. The van der Waals surface area contributed by atoms with E-state index in [0.717, 1.165) is 39.9 Å². The number of hydrogen-bond acceptors (Lipinski definition) is 3. The maximum Gasteiger partial charge on any atom is 0.525 e. The Morgan fingerprint density at radius 2 is 1.83 bits per heavy atom. The van der Waals surface area contributed by atoms with Crippen LogP contribution in [-0.2, 0) is 6.54 Å². The number of fused-ring (bicyclic) bond motifs is 8. The fourth-order valence-corrected chi connectivity index (χ4v) is 5.35. The van der Waals surface area contributed by atoms with Crippen LogP contribution in [0.2, 0.25) is 0 Å². The van der Waals surface area contributed by atoms with E-state index in [0.29, 0.717) is 0 Å². The number of rotatable bonds is 0. The molecule has 0 fully saturated rings. The molecule has 5 heterocycles. The van der Waals surface area contributed by atoms with Gasteiger partial charge >= 0.3 is 7.05 Å². The van der Waals surface area contributed by atoms with E-state index in [1.165, 1.54) is 28.0 Å². The minimum atomic E-state index is -0.140. The van der Waals surface area contributed by atoms with Crippen molar-refractivity contribution in [3.8, 4) is 17.0 Å². The summed E-state index contributed by atoms with van der Waals surface area (Å²) in [7, 11) is -0.140. The van der Waals surface area contributed by atoms with Crippen molar-refractivity contribution in [2.75, 3.05) is 4.81 Å². The molecule has 134 valence electrons. The number of anilines is 2. The van der Waals surface area contributed by atoms with Gasteiger partial charge in [-0.15, -0.1) is 0 Å². The van der Waals surface area contributed by atoms with E-state index >= 15 is 0 Å². The van der Waals surface area contributed by atoms with Crippen LogP contribution in [0, 0.1) is 0 Å².